The molecule has 1 N–H and O–H groups in total. The summed E-state index contributed by atoms with van der Waals surface area (Å²) < 4.78 is 0. The van der Waals surface area contributed by atoms with E-state index in [1.54, 1.807) is 12.1 Å². The molecule has 88 valence electrons. The van der Waals surface area contributed by atoms with Gasteiger partial charge in [0.1, 0.15) is 5.75 Å². The monoisotopic (exact) mass is 221 g/mol. The van der Waals surface area contributed by atoms with Gasteiger partial charge >= 0.3 is 0 Å². The van der Waals surface area contributed by atoms with Crippen molar-refractivity contribution in [2.75, 3.05) is 14.1 Å². The van der Waals surface area contributed by atoms with Gasteiger partial charge in [-0.15, -0.1) is 0 Å². The van der Waals surface area contributed by atoms with Gasteiger partial charge in [-0.05, 0) is 38.2 Å². The van der Waals surface area contributed by atoms with Gasteiger partial charge in [-0.2, -0.15) is 0 Å². The van der Waals surface area contributed by atoms with Gasteiger partial charge < -0.3 is 10.0 Å². The number of aldehydes is 1. The third-order valence-electron chi connectivity index (χ3n) is 2.75. The molecule has 0 saturated carbocycles. The zero-order valence-corrected chi connectivity index (χ0v) is 10.1. The second kappa shape index (κ2) is 5.66. The van der Waals surface area contributed by atoms with Crippen LogP contribution in [0.2, 0.25) is 0 Å². The highest BCUT2D eigenvalue weighted by Crippen LogP contribution is 2.27. The van der Waals surface area contributed by atoms with Crippen LogP contribution in [-0.2, 0) is 0 Å². The summed E-state index contributed by atoms with van der Waals surface area (Å²) in [6, 6.07) is 5.53. The predicted molar refractivity (Wildman–Crippen MR) is 64.8 cm³/mol. The van der Waals surface area contributed by atoms with Crippen molar-refractivity contribution in [3.8, 4) is 5.75 Å². The molecule has 0 saturated heterocycles. The fourth-order valence-electron chi connectivity index (χ4n) is 1.87. The Hall–Kier alpha value is -1.35. The Kier molecular flexibility index (Phi) is 4.50. The van der Waals surface area contributed by atoms with E-state index in [0.717, 1.165) is 18.4 Å². The molecule has 0 aliphatic heterocycles. The summed E-state index contributed by atoms with van der Waals surface area (Å²) >= 11 is 0. The molecule has 1 aromatic rings. The number of carbonyl (C=O) groups excluding carboxylic acids is 1. The van der Waals surface area contributed by atoms with Crippen LogP contribution in [0.25, 0.3) is 0 Å². The van der Waals surface area contributed by atoms with Gasteiger partial charge in [0.25, 0.3) is 0 Å². The summed E-state index contributed by atoms with van der Waals surface area (Å²) in [4.78, 5) is 12.9. The van der Waals surface area contributed by atoms with Crippen molar-refractivity contribution in [2.24, 2.45) is 0 Å². The van der Waals surface area contributed by atoms with Crippen LogP contribution in [0.1, 0.15) is 41.7 Å². The Bertz CT molecular complexity index is 361. The molecule has 1 atom stereocenters. The molecular weight excluding hydrogens is 202 g/mol. The number of carbonyl (C=O) groups is 1. The minimum absolute atomic E-state index is 0.0488. The Labute approximate surface area is 96.7 Å². The quantitative estimate of drug-likeness (QED) is 0.777. The molecule has 0 bridgehead atoms. The summed E-state index contributed by atoms with van der Waals surface area (Å²) in [5, 5.41) is 9.44. The summed E-state index contributed by atoms with van der Waals surface area (Å²) in [5.74, 6) is 0.0488. The second-order valence-corrected chi connectivity index (χ2v) is 4.20. The zero-order valence-electron chi connectivity index (χ0n) is 10.1. The predicted octanol–water partition coefficient (Wildman–Crippen LogP) is 2.61. The first kappa shape index (κ1) is 12.7. The van der Waals surface area contributed by atoms with Crippen LogP contribution >= 0.6 is 0 Å². The molecule has 0 amide bonds. The summed E-state index contributed by atoms with van der Waals surface area (Å²) in [7, 11) is 4.04. The largest absolute Gasteiger partial charge is 0.507 e. The molecular formula is C13H19NO2. The standard InChI is InChI=1S/C13H19NO2/c1-4-5-12(14(2)3)10-6-7-13(16)11(8-10)9-15/h6-9,12,16H,4-5H2,1-3H3. The van der Waals surface area contributed by atoms with Crippen molar-refractivity contribution in [1.29, 1.82) is 0 Å². The number of phenols is 1. The van der Waals surface area contributed by atoms with Crippen LogP contribution in [0.3, 0.4) is 0 Å². The molecule has 0 aliphatic rings. The van der Waals surface area contributed by atoms with Crippen LogP contribution in [0.5, 0.6) is 5.75 Å². The number of aromatic hydroxyl groups is 1. The van der Waals surface area contributed by atoms with Gasteiger partial charge in [0, 0.05) is 6.04 Å². The number of nitrogens with zero attached hydrogens (tertiary/aromatic N) is 1. The molecule has 3 nitrogen and oxygen atoms in total. The van der Waals surface area contributed by atoms with Crippen molar-refractivity contribution >= 4 is 6.29 Å². The van der Waals surface area contributed by atoms with Gasteiger partial charge in [0.2, 0.25) is 0 Å². The van der Waals surface area contributed by atoms with Crippen molar-refractivity contribution in [3.63, 3.8) is 0 Å². The van der Waals surface area contributed by atoms with E-state index in [9.17, 15) is 9.90 Å². The molecule has 1 aromatic carbocycles. The molecule has 3 heteroatoms. The van der Waals surface area contributed by atoms with E-state index in [1.165, 1.54) is 0 Å². The molecule has 1 rings (SSSR count). The van der Waals surface area contributed by atoms with E-state index < -0.39 is 0 Å². The average molecular weight is 221 g/mol. The lowest BCUT2D eigenvalue weighted by Gasteiger charge is -2.24. The molecule has 0 fully saturated rings. The van der Waals surface area contributed by atoms with Gasteiger partial charge in [0.15, 0.2) is 6.29 Å². The van der Waals surface area contributed by atoms with Gasteiger partial charge in [-0.25, -0.2) is 0 Å². The van der Waals surface area contributed by atoms with E-state index in [4.69, 9.17) is 0 Å². The van der Waals surface area contributed by atoms with Crippen molar-refractivity contribution in [2.45, 2.75) is 25.8 Å². The highest BCUT2D eigenvalue weighted by Gasteiger charge is 2.14. The zero-order chi connectivity index (χ0) is 12.1. The second-order valence-electron chi connectivity index (χ2n) is 4.20. The first-order valence-corrected chi connectivity index (χ1v) is 5.54. The minimum Gasteiger partial charge on any atom is -0.507 e. The van der Waals surface area contributed by atoms with E-state index in [2.05, 4.69) is 11.8 Å². The fourth-order valence-corrected chi connectivity index (χ4v) is 1.87. The summed E-state index contributed by atoms with van der Waals surface area (Å²) in [6.45, 7) is 2.14. The topological polar surface area (TPSA) is 40.5 Å². The molecule has 0 spiro atoms. The van der Waals surface area contributed by atoms with Crippen molar-refractivity contribution in [3.05, 3.63) is 29.3 Å². The van der Waals surface area contributed by atoms with Crippen molar-refractivity contribution in [1.82, 2.24) is 4.90 Å². The number of benzene rings is 1. The van der Waals surface area contributed by atoms with E-state index in [1.807, 2.05) is 20.2 Å². The molecule has 0 radical (unpaired) electrons. The maximum atomic E-state index is 10.8. The number of hydrogen-bond acceptors (Lipinski definition) is 3. The highest BCUT2D eigenvalue weighted by molar-refractivity contribution is 5.79. The molecule has 16 heavy (non-hydrogen) atoms. The lowest BCUT2D eigenvalue weighted by Crippen LogP contribution is -2.19. The Morgan fingerprint density at radius 2 is 2.12 bits per heavy atom. The Morgan fingerprint density at radius 3 is 2.62 bits per heavy atom. The molecule has 0 aromatic heterocycles. The third kappa shape index (κ3) is 2.83. The van der Waals surface area contributed by atoms with Crippen LogP contribution in [0.4, 0.5) is 0 Å². The smallest absolute Gasteiger partial charge is 0.153 e. The van der Waals surface area contributed by atoms with E-state index in [0.29, 0.717) is 17.9 Å². The average Bonchev–Trinajstić information content (AvgIpc) is 2.26. The van der Waals surface area contributed by atoms with E-state index in [-0.39, 0.29) is 5.75 Å². The first-order chi connectivity index (χ1) is 7.60. The Balaban J connectivity index is 3.05. The maximum absolute atomic E-state index is 10.8. The van der Waals surface area contributed by atoms with Crippen molar-refractivity contribution < 1.29 is 9.90 Å². The van der Waals surface area contributed by atoms with Gasteiger partial charge in [-0.1, -0.05) is 19.4 Å². The molecule has 0 heterocycles. The van der Waals surface area contributed by atoms with Crippen LogP contribution in [-0.4, -0.2) is 30.4 Å². The van der Waals surface area contributed by atoms with E-state index >= 15 is 0 Å². The number of hydrogen-bond donors (Lipinski definition) is 1. The third-order valence-corrected chi connectivity index (χ3v) is 2.75. The maximum Gasteiger partial charge on any atom is 0.153 e. The minimum atomic E-state index is 0.0488. The Morgan fingerprint density at radius 1 is 1.44 bits per heavy atom. The molecule has 1 unspecified atom stereocenters. The number of phenolic OH excluding ortho intramolecular Hbond substituents is 1. The lowest BCUT2D eigenvalue weighted by molar-refractivity contribution is 0.112. The van der Waals surface area contributed by atoms with Gasteiger partial charge in [-0.3, -0.25) is 4.79 Å². The lowest BCUT2D eigenvalue weighted by atomic mass is 9.99. The number of rotatable bonds is 5. The van der Waals surface area contributed by atoms with Gasteiger partial charge in [0.05, 0.1) is 5.56 Å². The molecule has 0 aliphatic carbocycles. The summed E-state index contributed by atoms with van der Waals surface area (Å²) in [6.07, 6.45) is 2.81. The summed E-state index contributed by atoms with van der Waals surface area (Å²) in [5.41, 5.74) is 1.44. The van der Waals surface area contributed by atoms with Crippen LogP contribution in [0, 0.1) is 0 Å². The normalized spacial score (nSPS) is 12.8. The van der Waals surface area contributed by atoms with Crippen LogP contribution < -0.4 is 0 Å². The SMILES string of the molecule is CCCC(c1ccc(O)c(C=O)c1)N(C)C. The fraction of sp³-hybridized carbons (Fsp3) is 0.462. The first-order valence-electron chi connectivity index (χ1n) is 5.54. The van der Waals surface area contributed by atoms with Crippen LogP contribution in [0.15, 0.2) is 18.2 Å². The highest BCUT2D eigenvalue weighted by atomic mass is 16.3.